The molecular weight excluding hydrogens is 502 g/mol. The van der Waals surface area contributed by atoms with Crippen LogP contribution in [0.15, 0.2) is 48.7 Å². The van der Waals surface area contributed by atoms with Crippen LogP contribution in [0.3, 0.4) is 0 Å². The van der Waals surface area contributed by atoms with Crippen LogP contribution >= 0.6 is 0 Å². The van der Waals surface area contributed by atoms with E-state index in [9.17, 15) is 9.59 Å². The lowest BCUT2D eigenvalue weighted by atomic mass is 10.0. The first-order valence-corrected chi connectivity index (χ1v) is 14.4. The zero-order chi connectivity index (χ0) is 28.2. The van der Waals surface area contributed by atoms with Crippen LogP contribution in [0.1, 0.15) is 53.7 Å². The van der Waals surface area contributed by atoms with Crippen LogP contribution in [0.5, 0.6) is 0 Å². The van der Waals surface area contributed by atoms with Gasteiger partial charge < -0.3 is 20.4 Å². The number of aromatic nitrogens is 2. The molecule has 0 unspecified atom stereocenters. The second-order valence-corrected chi connectivity index (χ2v) is 10.9. The molecule has 2 N–H and O–H groups in total. The molecule has 212 valence electrons. The molecule has 3 heterocycles. The first-order chi connectivity index (χ1) is 19.4. The smallest absolute Gasteiger partial charge is 0.317 e. The third-order valence-corrected chi connectivity index (χ3v) is 8.39. The Balaban J connectivity index is 1.22. The van der Waals surface area contributed by atoms with Gasteiger partial charge in [0.2, 0.25) is 0 Å². The van der Waals surface area contributed by atoms with Crippen LogP contribution in [0.4, 0.5) is 22.0 Å². The predicted octanol–water partition coefficient (Wildman–Crippen LogP) is 4.90. The summed E-state index contributed by atoms with van der Waals surface area (Å²) < 4.78 is 1.79. The first kappa shape index (κ1) is 27.7. The summed E-state index contributed by atoms with van der Waals surface area (Å²) >= 11 is 0. The molecule has 1 fully saturated rings. The molecule has 2 aliphatic heterocycles. The monoisotopic (exact) mass is 543 g/mol. The van der Waals surface area contributed by atoms with Crippen molar-refractivity contribution in [3.05, 3.63) is 70.9 Å². The predicted molar refractivity (Wildman–Crippen MR) is 159 cm³/mol. The van der Waals surface area contributed by atoms with Crippen LogP contribution in [-0.4, -0.2) is 64.2 Å². The molecule has 0 spiro atoms. The van der Waals surface area contributed by atoms with E-state index in [0.717, 1.165) is 72.5 Å². The van der Waals surface area contributed by atoms with Crippen LogP contribution < -0.4 is 15.5 Å². The van der Waals surface area contributed by atoms with E-state index in [0.29, 0.717) is 18.7 Å². The number of amides is 3. The lowest BCUT2D eigenvalue weighted by molar-refractivity contribution is 0.0985. The number of piperazine rings is 1. The summed E-state index contributed by atoms with van der Waals surface area (Å²) in [5.74, 6) is 1.55. The number of urea groups is 1. The van der Waals surface area contributed by atoms with Crippen LogP contribution in [0.25, 0.3) is 0 Å². The van der Waals surface area contributed by atoms with Gasteiger partial charge in [0.15, 0.2) is 0 Å². The zero-order valence-corrected chi connectivity index (χ0v) is 24.1. The van der Waals surface area contributed by atoms with Crippen molar-refractivity contribution in [1.29, 1.82) is 0 Å². The largest absolute Gasteiger partial charge is 0.338 e. The van der Waals surface area contributed by atoms with Gasteiger partial charge in [0.25, 0.3) is 5.91 Å². The number of carbonyl (C=O) groups is 2. The summed E-state index contributed by atoms with van der Waals surface area (Å²) in [7, 11) is 1.89. The maximum atomic E-state index is 13.8. The summed E-state index contributed by atoms with van der Waals surface area (Å²) in [6.45, 7) is 11.8. The van der Waals surface area contributed by atoms with Gasteiger partial charge in [-0.1, -0.05) is 44.9 Å². The third-order valence-electron chi connectivity index (χ3n) is 8.39. The van der Waals surface area contributed by atoms with Gasteiger partial charge in [0.1, 0.15) is 5.82 Å². The highest BCUT2D eigenvalue weighted by atomic mass is 16.2. The Labute approximate surface area is 237 Å². The zero-order valence-electron chi connectivity index (χ0n) is 24.1. The number of para-hydroxylation sites is 2. The lowest BCUT2D eigenvalue weighted by Crippen LogP contribution is -2.52. The molecule has 0 bridgehead atoms. The van der Waals surface area contributed by atoms with E-state index in [4.69, 9.17) is 0 Å². The molecule has 9 nitrogen and oxygen atoms in total. The fraction of sp³-hybridized carbons (Fsp3) is 0.452. The third kappa shape index (κ3) is 5.84. The van der Waals surface area contributed by atoms with Crippen LogP contribution in [0.2, 0.25) is 0 Å². The topological polar surface area (TPSA) is 85.7 Å². The van der Waals surface area contributed by atoms with Gasteiger partial charge >= 0.3 is 6.03 Å². The van der Waals surface area contributed by atoms with Crippen molar-refractivity contribution in [3.63, 3.8) is 0 Å². The lowest BCUT2D eigenvalue weighted by Gasteiger charge is -2.36. The maximum Gasteiger partial charge on any atom is 0.317 e. The van der Waals surface area contributed by atoms with Gasteiger partial charge in [0, 0.05) is 57.4 Å². The molecule has 1 aromatic heterocycles. The van der Waals surface area contributed by atoms with Crippen molar-refractivity contribution in [3.8, 4) is 0 Å². The molecule has 40 heavy (non-hydrogen) atoms. The van der Waals surface area contributed by atoms with Gasteiger partial charge in [-0.25, -0.2) is 4.79 Å². The van der Waals surface area contributed by atoms with Crippen molar-refractivity contribution >= 4 is 29.1 Å². The number of nitrogens with one attached hydrogen (secondary N) is 2. The number of aryl methyl sites for hydroxylation is 2. The van der Waals surface area contributed by atoms with Crippen LogP contribution in [0, 0.1) is 12.8 Å². The quantitative estimate of drug-likeness (QED) is 0.443. The number of rotatable bonds is 7. The molecule has 5 rings (SSSR count). The van der Waals surface area contributed by atoms with E-state index in [2.05, 4.69) is 34.5 Å². The highest BCUT2D eigenvalue weighted by Crippen LogP contribution is 2.36. The molecule has 0 radical (unpaired) electrons. The van der Waals surface area contributed by atoms with Crippen LogP contribution in [-0.2, 0) is 20.1 Å². The van der Waals surface area contributed by atoms with Gasteiger partial charge in [-0.3, -0.25) is 14.4 Å². The fourth-order valence-corrected chi connectivity index (χ4v) is 5.65. The van der Waals surface area contributed by atoms with Crippen molar-refractivity contribution < 1.29 is 9.59 Å². The maximum absolute atomic E-state index is 13.8. The summed E-state index contributed by atoms with van der Waals surface area (Å²) in [4.78, 5) is 32.9. The van der Waals surface area contributed by atoms with E-state index in [-0.39, 0.29) is 11.9 Å². The van der Waals surface area contributed by atoms with E-state index < -0.39 is 0 Å². The minimum atomic E-state index is -0.0732. The van der Waals surface area contributed by atoms with Crippen molar-refractivity contribution in [2.75, 3.05) is 42.9 Å². The average molecular weight is 544 g/mol. The van der Waals surface area contributed by atoms with Crippen molar-refractivity contribution in [2.24, 2.45) is 13.0 Å². The number of benzene rings is 2. The summed E-state index contributed by atoms with van der Waals surface area (Å²) in [5.41, 5.74) is 5.25. The Morgan fingerprint density at radius 2 is 1.80 bits per heavy atom. The first-order valence-electron chi connectivity index (χ1n) is 14.4. The average Bonchev–Trinajstić information content (AvgIpc) is 3.22. The number of hydrogen-bond donors (Lipinski definition) is 2. The summed E-state index contributed by atoms with van der Waals surface area (Å²) in [6.07, 6.45) is 4.21. The second-order valence-electron chi connectivity index (χ2n) is 10.9. The Morgan fingerprint density at radius 1 is 1.05 bits per heavy atom. The highest BCUT2D eigenvalue weighted by molar-refractivity contribution is 6.08. The molecule has 2 aromatic carbocycles. The number of anilines is 3. The number of nitrogens with zero attached hydrogens (tertiary/aromatic N) is 5. The molecule has 3 aromatic rings. The fourth-order valence-electron chi connectivity index (χ4n) is 5.65. The van der Waals surface area contributed by atoms with Gasteiger partial charge in [-0.2, -0.15) is 5.10 Å². The number of fused-ring (bicyclic) bond motifs is 2. The van der Waals surface area contributed by atoms with Crippen molar-refractivity contribution in [2.45, 2.75) is 46.7 Å². The number of hydrogen-bond acceptors (Lipinski definition) is 5. The van der Waals surface area contributed by atoms with Gasteiger partial charge in [-0.05, 0) is 48.2 Å². The Bertz CT molecular complexity index is 1360. The summed E-state index contributed by atoms with van der Waals surface area (Å²) in [5, 5.41) is 10.9. The van der Waals surface area contributed by atoms with E-state index >= 15 is 0 Å². The molecule has 1 saturated heterocycles. The van der Waals surface area contributed by atoms with Crippen molar-refractivity contribution in [1.82, 2.24) is 24.9 Å². The normalized spacial score (nSPS) is 15.3. The molecule has 0 aliphatic carbocycles. The number of carbonyl (C=O) groups excluding carboxylic acids is 2. The Hall–Kier alpha value is -3.85. The Kier molecular flexibility index (Phi) is 8.40. The Morgan fingerprint density at radius 3 is 2.52 bits per heavy atom. The van der Waals surface area contributed by atoms with E-state index in [1.54, 1.807) is 15.8 Å². The molecular formula is C31H41N7O2. The van der Waals surface area contributed by atoms with Gasteiger partial charge in [0.05, 0.1) is 24.1 Å². The molecule has 0 atom stereocenters. The molecule has 3 amide bonds. The highest BCUT2D eigenvalue weighted by Gasteiger charge is 2.27. The summed E-state index contributed by atoms with van der Waals surface area (Å²) in [6, 6.07) is 13.5. The molecule has 9 heteroatoms. The molecule has 2 aliphatic rings. The minimum absolute atomic E-state index is 0.0253. The van der Waals surface area contributed by atoms with E-state index in [1.165, 1.54) is 12.8 Å². The minimum Gasteiger partial charge on any atom is -0.338 e. The molecule has 0 saturated carbocycles. The van der Waals surface area contributed by atoms with E-state index in [1.807, 2.05) is 61.3 Å². The standard InChI is InChI=1S/C31H41N7O2/c1-5-23(6-2)20-36-13-15-37(16-14-36)31(40)32-18-25-12-11-24(17-22(25)3)30(39)38-21-26-19-33-35(4)29(26)34-27-9-7-8-10-28(27)38/h7-12,17,19,23,34H,5-6,13-16,18,20-21H2,1-4H3,(H,32,40). The second kappa shape index (κ2) is 12.1. The SMILES string of the molecule is CCC(CC)CN1CCN(C(=O)NCc2ccc(C(=O)N3Cc4cnn(C)c4Nc4ccccc43)cc2C)CC1. The van der Waals surface area contributed by atoms with Gasteiger partial charge in [-0.15, -0.1) is 0 Å².